The van der Waals surface area contributed by atoms with Crippen molar-refractivity contribution in [2.75, 3.05) is 19.7 Å². The Hall–Kier alpha value is -0.900. The van der Waals surface area contributed by atoms with E-state index in [1.165, 1.54) is 0 Å². The van der Waals surface area contributed by atoms with E-state index in [2.05, 4.69) is 5.32 Å². The summed E-state index contributed by atoms with van der Waals surface area (Å²) in [5.74, 6) is 0. The lowest BCUT2D eigenvalue weighted by Gasteiger charge is -2.40. The van der Waals surface area contributed by atoms with Crippen molar-refractivity contribution in [3.05, 3.63) is 35.9 Å². The zero-order valence-electron chi connectivity index (χ0n) is 9.65. The van der Waals surface area contributed by atoms with Gasteiger partial charge in [-0.2, -0.15) is 0 Å². The van der Waals surface area contributed by atoms with E-state index in [-0.39, 0.29) is 6.10 Å². The van der Waals surface area contributed by atoms with Gasteiger partial charge in [0.2, 0.25) is 0 Å². The van der Waals surface area contributed by atoms with Crippen LogP contribution in [0.1, 0.15) is 18.9 Å². The van der Waals surface area contributed by atoms with Crippen LogP contribution in [-0.4, -0.2) is 30.9 Å². The van der Waals surface area contributed by atoms with Gasteiger partial charge in [0.1, 0.15) is 11.7 Å². The van der Waals surface area contributed by atoms with Crippen molar-refractivity contribution in [2.24, 2.45) is 0 Å². The van der Waals surface area contributed by atoms with E-state index in [1.54, 1.807) is 0 Å². The van der Waals surface area contributed by atoms with Crippen molar-refractivity contribution >= 4 is 0 Å². The minimum atomic E-state index is -0.845. The number of aliphatic hydroxyl groups is 1. The Bertz CT molecular complexity index is 326. The Balaban J connectivity index is 2.26. The van der Waals surface area contributed by atoms with Crippen molar-refractivity contribution in [3.63, 3.8) is 0 Å². The minimum absolute atomic E-state index is 0.159. The van der Waals surface area contributed by atoms with E-state index >= 15 is 0 Å². The largest absolute Gasteiger partial charge is 0.382 e. The minimum Gasteiger partial charge on any atom is -0.382 e. The SMILES string of the molecule is CCO[C@H]1CNCC[C@]1(O)c1ccccc1. The fourth-order valence-corrected chi connectivity index (χ4v) is 2.30. The predicted octanol–water partition coefficient (Wildman–Crippen LogP) is 1.27. The first-order valence-electron chi connectivity index (χ1n) is 5.87. The molecule has 0 saturated carbocycles. The van der Waals surface area contributed by atoms with Crippen LogP contribution in [0.5, 0.6) is 0 Å². The van der Waals surface area contributed by atoms with Gasteiger partial charge in [-0.05, 0) is 25.5 Å². The Kier molecular flexibility index (Phi) is 3.59. The van der Waals surface area contributed by atoms with Crippen LogP contribution in [0, 0.1) is 0 Å². The van der Waals surface area contributed by atoms with Crippen LogP contribution in [0.2, 0.25) is 0 Å². The molecule has 2 rings (SSSR count). The van der Waals surface area contributed by atoms with Crippen molar-refractivity contribution in [1.82, 2.24) is 5.32 Å². The van der Waals surface area contributed by atoms with Gasteiger partial charge in [-0.15, -0.1) is 0 Å². The van der Waals surface area contributed by atoms with Gasteiger partial charge < -0.3 is 15.2 Å². The lowest BCUT2D eigenvalue weighted by atomic mass is 9.83. The van der Waals surface area contributed by atoms with Gasteiger partial charge in [-0.1, -0.05) is 30.3 Å². The molecule has 0 aliphatic carbocycles. The summed E-state index contributed by atoms with van der Waals surface area (Å²) >= 11 is 0. The lowest BCUT2D eigenvalue weighted by molar-refractivity contribution is -0.126. The van der Waals surface area contributed by atoms with Crippen molar-refractivity contribution in [3.8, 4) is 0 Å². The zero-order chi connectivity index (χ0) is 11.4. The molecule has 88 valence electrons. The normalized spacial score (nSPS) is 30.2. The molecule has 2 atom stereocenters. The molecule has 1 aliphatic rings. The molecule has 1 saturated heterocycles. The maximum Gasteiger partial charge on any atom is 0.118 e. The molecule has 2 N–H and O–H groups in total. The quantitative estimate of drug-likeness (QED) is 0.807. The van der Waals surface area contributed by atoms with Crippen LogP contribution >= 0.6 is 0 Å². The summed E-state index contributed by atoms with van der Waals surface area (Å²) in [6, 6.07) is 9.81. The molecule has 1 fully saturated rings. The highest BCUT2D eigenvalue weighted by molar-refractivity contribution is 5.24. The van der Waals surface area contributed by atoms with Gasteiger partial charge in [0.15, 0.2) is 0 Å². The molecular formula is C13H19NO2. The van der Waals surface area contributed by atoms with Crippen LogP contribution < -0.4 is 5.32 Å². The van der Waals surface area contributed by atoms with E-state index in [4.69, 9.17) is 4.74 Å². The number of rotatable bonds is 3. The topological polar surface area (TPSA) is 41.5 Å². The van der Waals surface area contributed by atoms with Crippen molar-refractivity contribution in [1.29, 1.82) is 0 Å². The highest BCUT2D eigenvalue weighted by Gasteiger charge is 2.40. The molecule has 3 nitrogen and oxygen atoms in total. The van der Waals surface area contributed by atoms with Gasteiger partial charge in [-0.3, -0.25) is 0 Å². The number of nitrogens with one attached hydrogen (secondary N) is 1. The van der Waals surface area contributed by atoms with E-state index in [1.807, 2.05) is 37.3 Å². The Morgan fingerprint density at radius 1 is 1.44 bits per heavy atom. The summed E-state index contributed by atoms with van der Waals surface area (Å²) in [4.78, 5) is 0. The molecule has 0 aromatic heterocycles. The van der Waals surface area contributed by atoms with Gasteiger partial charge >= 0.3 is 0 Å². The molecule has 1 aliphatic heterocycles. The third-order valence-electron chi connectivity index (χ3n) is 3.19. The maximum atomic E-state index is 10.8. The molecule has 1 heterocycles. The lowest BCUT2D eigenvalue weighted by Crippen LogP contribution is -2.53. The van der Waals surface area contributed by atoms with Gasteiger partial charge in [0, 0.05) is 13.2 Å². The number of hydrogen-bond acceptors (Lipinski definition) is 3. The van der Waals surface area contributed by atoms with Crippen LogP contribution in [0.4, 0.5) is 0 Å². The zero-order valence-corrected chi connectivity index (χ0v) is 9.65. The molecule has 1 aromatic rings. The number of ether oxygens (including phenoxy) is 1. The van der Waals surface area contributed by atoms with E-state index < -0.39 is 5.60 Å². The summed E-state index contributed by atoms with van der Waals surface area (Å²) in [5, 5.41) is 14.0. The van der Waals surface area contributed by atoms with E-state index in [0.29, 0.717) is 19.6 Å². The fraction of sp³-hybridized carbons (Fsp3) is 0.538. The summed E-state index contributed by atoms with van der Waals surface area (Å²) < 4.78 is 5.64. The molecule has 1 aromatic carbocycles. The molecule has 0 amide bonds. The summed E-state index contributed by atoms with van der Waals surface area (Å²) in [5.41, 5.74) is 0.109. The first-order chi connectivity index (χ1) is 7.77. The smallest absolute Gasteiger partial charge is 0.118 e. The van der Waals surface area contributed by atoms with Crippen LogP contribution in [-0.2, 0) is 10.3 Å². The van der Waals surface area contributed by atoms with Crippen LogP contribution in [0.25, 0.3) is 0 Å². The molecular weight excluding hydrogens is 202 g/mol. The summed E-state index contributed by atoms with van der Waals surface area (Å²) in [7, 11) is 0. The molecule has 16 heavy (non-hydrogen) atoms. The molecule has 0 radical (unpaired) electrons. The van der Waals surface area contributed by atoms with E-state index in [9.17, 15) is 5.11 Å². The molecule has 3 heteroatoms. The molecule has 0 spiro atoms. The molecule has 0 unspecified atom stereocenters. The second-order valence-electron chi connectivity index (χ2n) is 4.19. The van der Waals surface area contributed by atoms with Crippen molar-refractivity contribution in [2.45, 2.75) is 25.0 Å². The number of piperidine rings is 1. The van der Waals surface area contributed by atoms with Gasteiger partial charge in [-0.25, -0.2) is 0 Å². The highest BCUT2D eigenvalue weighted by Crippen LogP contribution is 2.32. The first kappa shape index (κ1) is 11.6. The average Bonchev–Trinajstić information content (AvgIpc) is 2.34. The highest BCUT2D eigenvalue weighted by atomic mass is 16.5. The molecule has 0 bridgehead atoms. The average molecular weight is 221 g/mol. The monoisotopic (exact) mass is 221 g/mol. The number of benzene rings is 1. The predicted molar refractivity (Wildman–Crippen MR) is 63.2 cm³/mol. The van der Waals surface area contributed by atoms with E-state index in [0.717, 1.165) is 12.1 Å². The van der Waals surface area contributed by atoms with Gasteiger partial charge in [0.05, 0.1) is 0 Å². The third kappa shape index (κ3) is 2.12. The Morgan fingerprint density at radius 3 is 2.88 bits per heavy atom. The second-order valence-corrected chi connectivity index (χ2v) is 4.19. The number of hydrogen-bond donors (Lipinski definition) is 2. The van der Waals surface area contributed by atoms with Crippen LogP contribution in [0.15, 0.2) is 30.3 Å². The second kappa shape index (κ2) is 4.95. The summed E-state index contributed by atoms with van der Waals surface area (Å²) in [6.45, 7) is 4.12. The van der Waals surface area contributed by atoms with Crippen molar-refractivity contribution < 1.29 is 9.84 Å². The maximum absolute atomic E-state index is 10.8. The van der Waals surface area contributed by atoms with Gasteiger partial charge in [0.25, 0.3) is 0 Å². The first-order valence-corrected chi connectivity index (χ1v) is 5.87. The summed E-state index contributed by atoms with van der Waals surface area (Å²) in [6.07, 6.45) is 0.537. The Morgan fingerprint density at radius 2 is 2.19 bits per heavy atom. The Labute approximate surface area is 96.4 Å². The van der Waals surface area contributed by atoms with Crippen LogP contribution in [0.3, 0.4) is 0 Å². The fourth-order valence-electron chi connectivity index (χ4n) is 2.30. The third-order valence-corrected chi connectivity index (χ3v) is 3.19. The standard InChI is InChI=1S/C13H19NO2/c1-2-16-12-10-14-9-8-13(12,15)11-6-4-3-5-7-11/h3-7,12,14-15H,2,8-10H2,1H3/t12-,13-/m0/s1.